The number of benzene rings is 3. The summed E-state index contributed by atoms with van der Waals surface area (Å²) in [6.45, 7) is 5.59. The first kappa shape index (κ1) is 82.7. The van der Waals surface area contributed by atoms with Gasteiger partial charge in [0.25, 0.3) is 11.8 Å². The third-order valence-corrected chi connectivity index (χ3v) is 18.1. The maximum absolute atomic E-state index is 13.8. The lowest BCUT2D eigenvalue weighted by atomic mass is 10.0. The molecule has 3 heterocycles. The van der Waals surface area contributed by atoms with E-state index in [-0.39, 0.29) is 116 Å². The van der Waals surface area contributed by atoms with Gasteiger partial charge in [-0.25, -0.2) is 4.79 Å². The molecule has 6 rings (SSSR count). The predicted octanol–water partition coefficient (Wildman–Crippen LogP) is 2.32. The second kappa shape index (κ2) is 45.7. The first-order valence-corrected chi connectivity index (χ1v) is 35.8. The number of likely N-dealkylation sites (tertiary alicyclic amines) is 1. The Morgan fingerprint density at radius 1 is 0.676 bits per heavy atom. The molecule has 102 heavy (non-hydrogen) atoms. The summed E-state index contributed by atoms with van der Waals surface area (Å²) < 4.78 is 23.5. The van der Waals surface area contributed by atoms with E-state index in [0.29, 0.717) is 118 Å². The lowest BCUT2D eigenvalue weighted by Crippen LogP contribution is -2.51. The van der Waals surface area contributed by atoms with Crippen molar-refractivity contribution >= 4 is 110 Å². The topological polar surface area (TPSA) is 388 Å². The number of nitrogens with one attached hydrogen (secondary N) is 7. The van der Waals surface area contributed by atoms with Crippen molar-refractivity contribution in [3.8, 4) is 11.8 Å². The zero-order chi connectivity index (χ0) is 73.6. The number of carbonyl (C=O) groups excluding carboxylic acids is 6. The normalized spacial score (nSPS) is 16.2. The second-order valence-electron chi connectivity index (χ2n) is 25.0. The van der Waals surface area contributed by atoms with Gasteiger partial charge in [-0.3, -0.25) is 53.1 Å². The number of carboxylic acids is 3. The van der Waals surface area contributed by atoms with Gasteiger partial charge in [0, 0.05) is 111 Å². The van der Waals surface area contributed by atoms with Crippen LogP contribution in [0.15, 0.2) is 79.0 Å². The van der Waals surface area contributed by atoms with E-state index in [1.165, 1.54) is 17.2 Å². The van der Waals surface area contributed by atoms with Gasteiger partial charge in [0.1, 0.15) is 23.9 Å². The molecule has 10 N–H and O–H groups in total. The number of thiocarbonyl (C=S) groups is 1. The van der Waals surface area contributed by atoms with Crippen molar-refractivity contribution < 1.29 is 77.4 Å². The highest BCUT2D eigenvalue weighted by atomic mass is 127. The van der Waals surface area contributed by atoms with Crippen molar-refractivity contribution in [2.45, 2.75) is 94.8 Å². The van der Waals surface area contributed by atoms with Gasteiger partial charge in [-0.1, -0.05) is 24.3 Å². The smallest absolute Gasteiger partial charge is 0.326 e. The molecule has 1 unspecified atom stereocenters. The summed E-state index contributed by atoms with van der Waals surface area (Å²) in [5.41, 5.74) is 3.38. The molecule has 0 spiro atoms. The zero-order valence-electron chi connectivity index (χ0n) is 58.0. The molecule has 1 aromatic heterocycles. The van der Waals surface area contributed by atoms with Crippen LogP contribution in [0.3, 0.4) is 0 Å². The Bertz CT molecular complexity index is 3430. The van der Waals surface area contributed by atoms with Crippen molar-refractivity contribution in [2.24, 2.45) is 0 Å². The fourth-order valence-electron chi connectivity index (χ4n) is 11.4. The zero-order valence-corrected chi connectivity index (χ0v) is 61.0. The maximum atomic E-state index is 13.8. The summed E-state index contributed by atoms with van der Waals surface area (Å²) in [7, 11) is 4.04. The highest BCUT2D eigenvalue weighted by molar-refractivity contribution is 14.1. The Morgan fingerprint density at radius 2 is 1.31 bits per heavy atom. The van der Waals surface area contributed by atoms with Crippen molar-refractivity contribution in [1.29, 1.82) is 5.26 Å². The number of hydrogen-bond donors (Lipinski definition) is 10. The van der Waals surface area contributed by atoms with Crippen molar-refractivity contribution in [2.75, 3.05) is 157 Å². The van der Waals surface area contributed by atoms with Crippen molar-refractivity contribution in [1.82, 2.24) is 61.4 Å². The van der Waals surface area contributed by atoms with Gasteiger partial charge in [0.2, 0.25) is 23.6 Å². The fourth-order valence-corrected chi connectivity index (χ4v) is 11.9. The van der Waals surface area contributed by atoms with E-state index in [1.807, 2.05) is 72.4 Å². The van der Waals surface area contributed by atoms with Gasteiger partial charge in [-0.2, -0.15) is 5.26 Å². The molecule has 32 heteroatoms. The van der Waals surface area contributed by atoms with Crippen LogP contribution in [0, 0.1) is 14.9 Å². The van der Waals surface area contributed by atoms with Gasteiger partial charge >= 0.3 is 17.9 Å². The number of carboxylic acid groups (broad SMARTS) is 3. The molecule has 2 saturated heterocycles. The largest absolute Gasteiger partial charge is 0.484 e. The average Bonchev–Trinajstić information content (AvgIpc) is 0.862. The minimum Gasteiger partial charge on any atom is -0.484 e. The number of nitriles is 1. The molecule has 0 saturated carbocycles. The number of hydrogen-bond acceptors (Lipinski definition) is 20. The number of likely N-dealkylation sites (N-methyl/N-ethyl adjacent to an activating group) is 2. The Labute approximate surface area is 613 Å². The van der Waals surface area contributed by atoms with E-state index in [1.54, 1.807) is 18.2 Å². The molecule has 0 radical (unpaired) electrons. The van der Waals surface area contributed by atoms with E-state index in [0.717, 1.165) is 39.9 Å². The number of halogens is 1. The summed E-state index contributed by atoms with van der Waals surface area (Å²) in [5.74, 6) is -5.26. The van der Waals surface area contributed by atoms with Crippen LogP contribution in [0.4, 0.5) is 5.69 Å². The average molecular weight is 1550 g/mol. The highest BCUT2D eigenvalue weighted by Gasteiger charge is 2.30. The third kappa shape index (κ3) is 31.5. The molecule has 4 aromatic rings. The van der Waals surface area contributed by atoms with Gasteiger partial charge in [0.05, 0.1) is 82.8 Å². The third-order valence-electron chi connectivity index (χ3n) is 17.1. The number of pyridine rings is 1. The number of anilines is 1. The molecule has 0 bridgehead atoms. The number of aromatic nitrogens is 1. The van der Waals surface area contributed by atoms with Crippen molar-refractivity contribution in [3.05, 3.63) is 99.3 Å². The number of rotatable bonds is 41. The number of aliphatic carboxylic acids is 3. The highest BCUT2D eigenvalue weighted by Crippen LogP contribution is 2.23. The molecular formula is C70H97IN14O16S. The Hall–Kier alpha value is -8.27. The monoisotopic (exact) mass is 1550 g/mol. The minimum absolute atomic E-state index is 0.00770. The molecule has 0 aliphatic carbocycles. The number of nitrogens with zero attached hydrogens (tertiary/aromatic N) is 7. The summed E-state index contributed by atoms with van der Waals surface area (Å²) in [4.78, 5) is 128. The first-order valence-electron chi connectivity index (χ1n) is 34.4. The van der Waals surface area contributed by atoms with Crippen LogP contribution in [0.5, 0.6) is 5.75 Å². The van der Waals surface area contributed by atoms with Crippen LogP contribution < -0.4 is 42.0 Å². The molecule has 2 fully saturated rings. The number of carbonyl (C=O) groups is 9. The second-order valence-corrected chi connectivity index (χ2v) is 26.7. The van der Waals surface area contributed by atoms with Gasteiger partial charge in [0.15, 0.2) is 11.7 Å². The molecule has 4 atom stereocenters. The van der Waals surface area contributed by atoms with Crippen LogP contribution in [0.1, 0.15) is 79.3 Å². The number of ether oxygens (including phenoxy) is 4. The molecule has 2 aliphatic rings. The molecular weight excluding hydrogens is 1450 g/mol. The lowest BCUT2D eigenvalue weighted by molar-refractivity contribution is -0.142. The van der Waals surface area contributed by atoms with E-state index in [9.17, 15) is 63.7 Å². The van der Waals surface area contributed by atoms with Crippen molar-refractivity contribution in [3.63, 3.8) is 0 Å². The van der Waals surface area contributed by atoms with E-state index >= 15 is 0 Å². The van der Waals surface area contributed by atoms with E-state index < -0.39 is 59.7 Å². The fraction of sp³-hybridized carbons (Fsp3) is 0.543. The van der Waals surface area contributed by atoms with Gasteiger partial charge < -0.3 is 86.2 Å². The Kier molecular flexibility index (Phi) is 37.0. The van der Waals surface area contributed by atoms with Crippen LogP contribution in [0.2, 0.25) is 0 Å². The van der Waals surface area contributed by atoms with E-state index in [4.69, 9.17) is 31.2 Å². The van der Waals surface area contributed by atoms with Gasteiger partial charge in [-0.15, -0.1) is 0 Å². The first-order chi connectivity index (χ1) is 49.1. The Balaban J connectivity index is 0.884. The van der Waals surface area contributed by atoms with Crippen LogP contribution in [0.25, 0.3) is 10.9 Å². The SMILES string of the molecule is CN1CCN(CC(=O)O)CCN(CC(=O)O)CC(Cc2ccc(NC(=S)NCCCC[C@H](NC(=O)CCOCCOCCOCCNC(=O)COc3ccc4c(C(=O)NCC(=O)N5CCC[C@@H]5C#N)ccnc4c3)C(=O)N[C@@H](CCCCNC(=O)Cc3ccc(I)cc3)C(=O)O)cc2)N(C)CC1. The molecule has 6 amide bonds. The molecule has 556 valence electrons. The maximum Gasteiger partial charge on any atom is 0.326 e. The molecule has 3 aromatic carbocycles. The van der Waals surface area contributed by atoms with Gasteiger partial charge in [-0.05, 0) is 160 Å². The predicted molar refractivity (Wildman–Crippen MR) is 392 cm³/mol. The summed E-state index contributed by atoms with van der Waals surface area (Å²) >= 11 is 7.81. The Morgan fingerprint density at radius 3 is 2.02 bits per heavy atom. The number of fused-ring (bicyclic) bond motifs is 1. The van der Waals surface area contributed by atoms with E-state index in [2.05, 4.69) is 80.7 Å². The van der Waals surface area contributed by atoms with Crippen LogP contribution in [-0.2, 0) is 65.4 Å². The number of unbranched alkanes of at least 4 members (excludes halogenated alkanes) is 2. The molecule has 30 nitrogen and oxygen atoms in total. The number of amides is 6. The summed E-state index contributed by atoms with van der Waals surface area (Å²) in [6, 6.07) is 21.1. The standard InChI is InChI=1S/C70H97IN14O16S/c1-81-28-30-82(2)54(45-84(47-66(92)93)33-32-83(31-29-81)46-65(90)91)40-49-13-17-52(18-14-49)78-70(102)76-24-6-3-9-58(68(95)80-59(69(96)97)10-4-5-23-74-62(87)41-50-11-15-51(71)16-12-50)79-61(86)22-34-98-36-38-100-39-37-99-35-26-75-63(88)48-101-55-19-20-56-57(21-25-73-60(56)42-55)67(94)77-44-64(89)85-27-7-8-53(85)43-72/h11-21,25,42,53-54,58-59H,3-10,22-24,26-41,44-48H2,1-2H3,(H,74,87)(H,75,88)(H,77,94)(H,79,86)(H,80,95)(H,90,91)(H,92,93)(H,96,97)(H2,76,78,102)/t53-,54?,58+,59+/m1/s1. The quantitative estimate of drug-likeness (QED) is 0.0173. The minimum atomic E-state index is -1.25. The van der Waals surface area contributed by atoms with Crippen LogP contribution >= 0.6 is 34.8 Å². The summed E-state index contributed by atoms with van der Waals surface area (Å²) in [5, 5.41) is 59.6. The summed E-state index contributed by atoms with van der Waals surface area (Å²) in [6.07, 6.45) is 5.65. The van der Waals surface area contributed by atoms with Crippen LogP contribution in [-0.4, -0.2) is 279 Å². The molecule has 2 aliphatic heterocycles. The lowest BCUT2D eigenvalue weighted by Gasteiger charge is -2.36.